The molecule has 1 atom stereocenters. The van der Waals surface area contributed by atoms with E-state index in [0.29, 0.717) is 19.6 Å². The Bertz CT molecular complexity index is 396. The van der Waals surface area contributed by atoms with Crippen LogP contribution in [0.4, 0.5) is 4.79 Å². The van der Waals surface area contributed by atoms with Crippen LogP contribution in [0.1, 0.15) is 91.4 Å². The zero-order valence-electron chi connectivity index (χ0n) is 17.8. The number of esters is 1. The molecule has 5 heteroatoms. The van der Waals surface area contributed by atoms with E-state index in [4.69, 9.17) is 9.47 Å². The average Bonchev–Trinajstić information content (AvgIpc) is 2.62. The van der Waals surface area contributed by atoms with E-state index in [2.05, 4.69) is 11.9 Å². The van der Waals surface area contributed by atoms with Gasteiger partial charge in [0, 0.05) is 0 Å². The van der Waals surface area contributed by atoms with Gasteiger partial charge >= 0.3 is 12.1 Å². The number of alkyl carbamates (subject to hydrolysis) is 1. The van der Waals surface area contributed by atoms with Crippen molar-refractivity contribution in [2.24, 2.45) is 5.92 Å². The highest BCUT2D eigenvalue weighted by molar-refractivity contribution is 5.81. The van der Waals surface area contributed by atoms with Crippen molar-refractivity contribution in [2.45, 2.75) is 97.4 Å². The lowest BCUT2D eigenvalue weighted by Gasteiger charge is -2.19. The average molecular weight is 384 g/mol. The quantitative estimate of drug-likeness (QED) is 0.196. The maximum atomic E-state index is 12.3. The molecular formula is C22H41NO4. The van der Waals surface area contributed by atoms with Gasteiger partial charge in [0.15, 0.2) is 0 Å². The molecule has 1 N–H and O–H groups in total. The number of amides is 1. The molecule has 0 aliphatic rings. The number of hydrogen-bond acceptors (Lipinski definition) is 4. The van der Waals surface area contributed by atoms with Crippen LogP contribution >= 0.6 is 0 Å². The van der Waals surface area contributed by atoms with Crippen LogP contribution in [0.2, 0.25) is 0 Å². The van der Waals surface area contributed by atoms with Crippen LogP contribution in [0, 0.1) is 5.92 Å². The fourth-order valence-electron chi connectivity index (χ4n) is 2.73. The number of hydrogen-bond donors (Lipinski definition) is 1. The molecule has 0 bridgehead atoms. The molecule has 0 rings (SSSR count). The van der Waals surface area contributed by atoms with E-state index < -0.39 is 12.1 Å². The molecular weight excluding hydrogens is 342 g/mol. The van der Waals surface area contributed by atoms with Crippen molar-refractivity contribution in [1.29, 1.82) is 0 Å². The number of rotatable bonds is 17. The highest BCUT2D eigenvalue weighted by Crippen LogP contribution is 2.10. The molecule has 0 heterocycles. The molecule has 0 spiro atoms. The van der Waals surface area contributed by atoms with E-state index in [-0.39, 0.29) is 11.9 Å². The third-order valence-corrected chi connectivity index (χ3v) is 4.31. The Morgan fingerprint density at radius 2 is 1.52 bits per heavy atom. The van der Waals surface area contributed by atoms with Crippen LogP contribution in [0.15, 0.2) is 12.7 Å². The highest BCUT2D eigenvalue weighted by atomic mass is 16.6. The third-order valence-electron chi connectivity index (χ3n) is 4.31. The van der Waals surface area contributed by atoms with Gasteiger partial charge in [-0.2, -0.15) is 0 Å². The summed E-state index contributed by atoms with van der Waals surface area (Å²) in [5.74, 6) is -0.0832. The second-order valence-electron chi connectivity index (χ2n) is 7.54. The van der Waals surface area contributed by atoms with Crippen LogP contribution in [0.25, 0.3) is 0 Å². The lowest BCUT2D eigenvalue weighted by Crippen LogP contribution is -2.43. The van der Waals surface area contributed by atoms with Crippen molar-refractivity contribution >= 4 is 12.1 Å². The second kappa shape index (κ2) is 17.9. The van der Waals surface area contributed by atoms with E-state index >= 15 is 0 Å². The predicted molar refractivity (Wildman–Crippen MR) is 111 cm³/mol. The summed E-state index contributed by atoms with van der Waals surface area (Å²) in [7, 11) is 0. The summed E-state index contributed by atoms with van der Waals surface area (Å²) >= 11 is 0. The van der Waals surface area contributed by atoms with E-state index in [1.807, 2.05) is 26.8 Å². The highest BCUT2D eigenvalue weighted by Gasteiger charge is 2.23. The van der Waals surface area contributed by atoms with E-state index in [1.54, 1.807) is 0 Å². The molecule has 0 aliphatic carbocycles. The molecule has 158 valence electrons. The van der Waals surface area contributed by atoms with Crippen molar-refractivity contribution in [3.05, 3.63) is 12.7 Å². The first-order valence-electron chi connectivity index (χ1n) is 10.7. The van der Waals surface area contributed by atoms with Gasteiger partial charge in [0.2, 0.25) is 0 Å². The zero-order chi connectivity index (χ0) is 20.3. The van der Waals surface area contributed by atoms with Crippen LogP contribution < -0.4 is 5.32 Å². The largest absolute Gasteiger partial charge is 0.464 e. The SMILES string of the molecule is C=CCCCCCCCCCOC(=O)[C@H](CC(C)C)NC(=O)OCCCC. The summed E-state index contributed by atoms with van der Waals surface area (Å²) in [6.45, 7) is 10.6. The first-order chi connectivity index (χ1) is 13.0. The summed E-state index contributed by atoms with van der Waals surface area (Å²) in [6.07, 6.45) is 12.9. The number of ether oxygens (including phenoxy) is 2. The van der Waals surface area contributed by atoms with E-state index in [1.165, 1.54) is 32.1 Å². The van der Waals surface area contributed by atoms with Gasteiger partial charge in [-0.25, -0.2) is 9.59 Å². The maximum absolute atomic E-state index is 12.3. The lowest BCUT2D eigenvalue weighted by molar-refractivity contribution is -0.146. The molecule has 0 unspecified atom stereocenters. The Balaban J connectivity index is 3.94. The Kier molecular flexibility index (Phi) is 16.9. The smallest absolute Gasteiger partial charge is 0.407 e. The summed E-state index contributed by atoms with van der Waals surface area (Å²) in [6, 6.07) is -0.635. The number of nitrogens with one attached hydrogen (secondary N) is 1. The van der Waals surface area contributed by atoms with Crippen molar-refractivity contribution in [1.82, 2.24) is 5.32 Å². The lowest BCUT2D eigenvalue weighted by atomic mass is 10.0. The van der Waals surface area contributed by atoms with E-state index in [9.17, 15) is 9.59 Å². The van der Waals surface area contributed by atoms with Crippen LogP contribution in [-0.2, 0) is 14.3 Å². The van der Waals surface area contributed by atoms with Gasteiger partial charge in [0.25, 0.3) is 0 Å². The van der Waals surface area contributed by atoms with Crippen LogP contribution in [0.5, 0.6) is 0 Å². The Morgan fingerprint density at radius 1 is 0.926 bits per heavy atom. The zero-order valence-corrected chi connectivity index (χ0v) is 17.8. The Labute approximate surface area is 166 Å². The van der Waals surface area contributed by atoms with Gasteiger partial charge in [-0.05, 0) is 38.0 Å². The predicted octanol–water partition coefficient (Wildman–Crippen LogP) is 5.78. The van der Waals surface area contributed by atoms with Gasteiger partial charge < -0.3 is 14.8 Å². The van der Waals surface area contributed by atoms with Crippen molar-refractivity contribution in [2.75, 3.05) is 13.2 Å². The molecule has 1 amide bonds. The molecule has 0 aliphatic heterocycles. The molecule has 0 radical (unpaired) electrons. The summed E-state index contributed by atoms with van der Waals surface area (Å²) < 4.78 is 10.5. The number of carbonyl (C=O) groups is 2. The van der Waals surface area contributed by atoms with Crippen molar-refractivity contribution in [3.8, 4) is 0 Å². The fourth-order valence-corrected chi connectivity index (χ4v) is 2.73. The number of carbonyl (C=O) groups excluding carboxylic acids is 2. The van der Waals surface area contributed by atoms with Crippen LogP contribution in [0.3, 0.4) is 0 Å². The van der Waals surface area contributed by atoms with Gasteiger partial charge in [0.1, 0.15) is 6.04 Å². The van der Waals surface area contributed by atoms with Gasteiger partial charge in [0.05, 0.1) is 13.2 Å². The van der Waals surface area contributed by atoms with Crippen LogP contribution in [-0.4, -0.2) is 31.3 Å². The summed E-state index contributed by atoms with van der Waals surface area (Å²) in [5.41, 5.74) is 0. The normalized spacial score (nSPS) is 11.9. The molecule has 0 aromatic heterocycles. The minimum absolute atomic E-state index is 0.277. The fraction of sp³-hybridized carbons (Fsp3) is 0.818. The van der Waals surface area contributed by atoms with E-state index in [0.717, 1.165) is 32.1 Å². The standard InChI is InChI=1S/C22H41NO4/c1-5-7-9-10-11-12-13-14-15-17-26-21(24)20(18-19(3)4)23-22(25)27-16-8-6-2/h5,19-20H,1,6-18H2,2-4H3,(H,23,25)/t20-/m0/s1. The molecule has 27 heavy (non-hydrogen) atoms. The van der Waals surface area contributed by atoms with Gasteiger partial charge in [-0.3, -0.25) is 0 Å². The number of unbranched alkanes of at least 4 members (excludes halogenated alkanes) is 8. The Morgan fingerprint density at radius 3 is 2.11 bits per heavy atom. The molecule has 0 aromatic carbocycles. The summed E-state index contributed by atoms with van der Waals surface area (Å²) in [5, 5.41) is 2.65. The minimum Gasteiger partial charge on any atom is -0.464 e. The molecule has 5 nitrogen and oxygen atoms in total. The van der Waals surface area contributed by atoms with Gasteiger partial charge in [-0.15, -0.1) is 6.58 Å². The second-order valence-corrected chi connectivity index (χ2v) is 7.54. The maximum Gasteiger partial charge on any atom is 0.407 e. The first-order valence-corrected chi connectivity index (χ1v) is 10.7. The molecule has 0 aromatic rings. The van der Waals surface area contributed by atoms with Crippen molar-refractivity contribution < 1.29 is 19.1 Å². The van der Waals surface area contributed by atoms with Crippen molar-refractivity contribution in [3.63, 3.8) is 0 Å². The molecule has 0 saturated carbocycles. The molecule has 0 saturated heterocycles. The summed E-state index contributed by atoms with van der Waals surface area (Å²) in [4.78, 5) is 24.1. The minimum atomic E-state index is -0.635. The Hall–Kier alpha value is -1.52. The monoisotopic (exact) mass is 383 g/mol. The molecule has 0 fully saturated rings. The first kappa shape index (κ1) is 25.5. The third kappa shape index (κ3) is 16.4. The van der Waals surface area contributed by atoms with Gasteiger partial charge in [-0.1, -0.05) is 65.4 Å². The topological polar surface area (TPSA) is 64.6 Å². The number of allylic oxidation sites excluding steroid dienone is 1.